The average Bonchev–Trinajstić information content (AvgIpc) is 2.61. The van der Waals surface area contributed by atoms with Gasteiger partial charge in [0.25, 0.3) is 0 Å². The minimum atomic E-state index is 0.0146. The van der Waals surface area contributed by atoms with E-state index in [2.05, 4.69) is 4.98 Å². The fourth-order valence-corrected chi connectivity index (χ4v) is 1.99. The van der Waals surface area contributed by atoms with E-state index in [-0.39, 0.29) is 11.7 Å². The molecule has 3 nitrogen and oxygen atoms in total. The van der Waals surface area contributed by atoms with Gasteiger partial charge in [-0.05, 0) is 0 Å². The molecule has 0 saturated heterocycles. The molecule has 0 unspecified atom stereocenters. The number of thiazole rings is 1. The van der Waals surface area contributed by atoms with Crippen LogP contribution in [0.25, 0.3) is 4.83 Å². The number of hydrogen-bond donors (Lipinski definition) is 0. The predicted octanol–water partition coefficient (Wildman–Crippen LogP) is 2.23. The number of fused-ring (bicyclic) bond motifs is 1. The van der Waals surface area contributed by atoms with Crippen LogP contribution in [0.3, 0.4) is 0 Å². The molecule has 0 amide bonds. The molecular formula is C9H10N2OS. The lowest BCUT2D eigenvalue weighted by molar-refractivity contribution is 0.0937. The lowest BCUT2D eigenvalue weighted by Crippen LogP contribution is -2.07. The molecule has 0 saturated carbocycles. The zero-order valence-electron chi connectivity index (χ0n) is 7.52. The number of ketones is 1. The minimum absolute atomic E-state index is 0.0146. The molecule has 0 bridgehead atoms. The van der Waals surface area contributed by atoms with Crippen molar-refractivity contribution in [3.8, 4) is 0 Å². The zero-order valence-corrected chi connectivity index (χ0v) is 8.34. The van der Waals surface area contributed by atoms with Crippen molar-refractivity contribution in [3.63, 3.8) is 0 Å². The lowest BCUT2D eigenvalue weighted by atomic mass is 10.1. The molecule has 2 aromatic rings. The van der Waals surface area contributed by atoms with Crippen LogP contribution in [0.2, 0.25) is 0 Å². The molecule has 2 aromatic heterocycles. The van der Waals surface area contributed by atoms with E-state index in [4.69, 9.17) is 0 Å². The molecular weight excluding hydrogens is 184 g/mol. The van der Waals surface area contributed by atoms with Crippen LogP contribution in [0.1, 0.15) is 24.3 Å². The van der Waals surface area contributed by atoms with Gasteiger partial charge in [-0.15, -0.1) is 11.3 Å². The number of hydrogen-bond acceptors (Lipinski definition) is 3. The third kappa shape index (κ3) is 1.27. The van der Waals surface area contributed by atoms with E-state index < -0.39 is 0 Å². The SMILES string of the molecule is CC(C)C(=O)c1ncn2ccsc12. The topological polar surface area (TPSA) is 34.4 Å². The smallest absolute Gasteiger partial charge is 0.186 e. The van der Waals surface area contributed by atoms with Crippen LogP contribution < -0.4 is 0 Å². The fraction of sp³-hybridized carbons (Fsp3) is 0.333. The first-order valence-electron chi connectivity index (χ1n) is 4.14. The summed E-state index contributed by atoms with van der Waals surface area (Å²) in [6.07, 6.45) is 3.59. The summed E-state index contributed by atoms with van der Waals surface area (Å²) in [4.78, 5) is 16.7. The molecule has 2 rings (SSSR count). The standard InChI is InChI=1S/C9H10N2OS/c1-6(2)8(12)7-9-11(5-10-7)3-4-13-9/h3-6H,1-2H3. The Morgan fingerprint density at radius 3 is 3.08 bits per heavy atom. The Kier molecular flexibility index (Phi) is 1.92. The summed E-state index contributed by atoms with van der Waals surface area (Å²) >= 11 is 1.55. The highest BCUT2D eigenvalue weighted by Gasteiger charge is 2.16. The molecule has 68 valence electrons. The summed E-state index contributed by atoms with van der Waals surface area (Å²) in [5.41, 5.74) is 0.602. The van der Waals surface area contributed by atoms with Crippen LogP contribution in [0.4, 0.5) is 0 Å². The van der Waals surface area contributed by atoms with E-state index in [0.29, 0.717) is 5.69 Å². The normalized spacial score (nSPS) is 11.3. The van der Waals surface area contributed by atoms with E-state index in [1.165, 1.54) is 0 Å². The lowest BCUT2D eigenvalue weighted by Gasteiger charge is -1.98. The second-order valence-corrected chi connectivity index (χ2v) is 4.12. The number of nitrogens with zero attached hydrogens (tertiary/aromatic N) is 2. The highest BCUT2D eigenvalue weighted by Crippen LogP contribution is 2.18. The van der Waals surface area contributed by atoms with Crippen LogP contribution in [0.5, 0.6) is 0 Å². The molecule has 0 N–H and O–H groups in total. The van der Waals surface area contributed by atoms with Gasteiger partial charge in [-0.25, -0.2) is 4.98 Å². The van der Waals surface area contributed by atoms with Gasteiger partial charge < -0.3 is 0 Å². The Hall–Kier alpha value is -1.16. The fourth-order valence-electron chi connectivity index (χ4n) is 1.18. The van der Waals surface area contributed by atoms with Crippen molar-refractivity contribution in [3.05, 3.63) is 23.6 Å². The summed E-state index contributed by atoms with van der Waals surface area (Å²) in [6, 6.07) is 0. The molecule has 0 aliphatic heterocycles. The van der Waals surface area contributed by atoms with Gasteiger partial charge in [0.2, 0.25) is 0 Å². The summed E-state index contributed by atoms with van der Waals surface area (Å²) < 4.78 is 1.88. The third-order valence-corrected chi connectivity index (χ3v) is 2.79. The Labute approximate surface area is 80.0 Å². The first-order chi connectivity index (χ1) is 6.20. The van der Waals surface area contributed by atoms with Crippen LogP contribution in [0.15, 0.2) is 17.9 Å². The summed E-state index contributed by atoms with van der Waals surface area (Å²) in [5, 5.41) is 1.95. The van der Waals surface area contributed by atoms with Gasteiger partial charge in [0.15, 0.2) is 5.78 Å². The Morgan fingerprint density at radius 1 is 1.62 bits per heavy atom. The summed E-state index contributed by atoms with van der Waals surface area (Å²) in [6.45, 7) is 3.78. The molecule has 13 heavy (non-hydrogen) atoms. The zero-order chi connectivity index (χ0) is 9.42. The van der Waals surface area contributed by atoms with Gasteiger partial charge in [-0.2, -0.15) is 0 Å². The second kappa shape index (κ2) is 2.96. The quantitative estimate of drug-likeness (QED) is 0.687. The van der Waals surface area contributed by atoms with Crippen LogP contribution in [0, 0.1) is 5.92 Å². The maximum Gasteiger partial charge on any atom is 0.186 e. The molecule has 0 fully saturated rings. The second-order valence-electron chi connectivity index (χ2n) is 3.23. The van der Waals surface area contributed by atoms with E-state index in [9.17, 15) is 4.79 Å². The van der Waals surface area contributed by atoms with E-state index in [1.807, 2.05) is 29.8 Å². The number of imidazole rings is 1. The van der Waals surface area contributed by atoms with Crippen molar-refractivity contribution in [1.29, 1.82) is 0 Å². The monoisotopic (exact) mass is 194 g/mol. The molecule has 2 heterocycles. The predicted molar refractivity (Wildman–Crippen MR) is 52.2 cm³/mol. The Bertz CT molecular complexity index is 441. The van der Waals surface area contributed by atoms with Crippen LogP contribution in [-0.2, 0) is 0 Å². The highest BCUT2D eigenvalue weighted by molar-refractivity contribution is 7.15. The van der Waals surface area contributed by atoms with Crippen molar-refractivity contribution in [2.45, 2.75) is 13.8 Å². The first-order valence-corrected chi connectivity index (χ1v) is 5.02. The average molecular weight is 194 g/mol. The molecule has 0 radical (unpaired) electrons. The number of carbonyl (C=O) groups is 1. The van der Waals surface area contributed by atoms with Gasteiger partial charge >= 0.3 is 0 Å². The van der Waals surface area contributed by atoms with E-state index in [1.54, 1.807) is 17.7 Å². The van der Waals surface area contributed by atoms with E-state index in [0.717, 1.165) is 4.83 Å². The van der Waals surface area contributed by atoms with Crippen molar-refractivity contribution >= 4 is 22.0 Å². The van der Waals surface area contributed by atoms with Gasteiger partial charge in [0, 0.05) is 17.5 Å². The van der Waals surface area contributed by atoms with Gasteiger partial charge in [-0.3, -0.25) is 9.20 Å². The molecule has 0 atom stereocenters. The Balaban J connectivity index is 2.54. The highest BCUT2D eigenvalue weighted by atomic mass is 32.1. The summed E-state index contributed by atoms with van der Waals surface area (Å²) in [5.74, 6) is 0.130. The largest absolute Gasteiger partial charge is 0.296 e. The number of rotatable bonds is 2. The number of Topliss-reactive ketones (excluding diaryl/α,β-unsaturated/α-hetero) is 1. The van der Waals surface area contributed by atoms with Gasteiger partial charge in [-0.1, -0.05) is 13.8 Å². The van der Waals surface area contributed by atoms with Crippen molar-refractivity contribution in [2.75, 3.05) is 0 Å². The summed E-state index contributed by atoms with van der Waals surface area (Å²) in [7, 11) is 0. The Morgan fingerprint density at radius 2 is 2.38 bits per heavy atom. The third-order valence-electron chi connectivity index (χ3n) is 1.91. The van der Waals surface area contributed by atoms with Crippen molar-refractivity contribution in [1.82, 2.24) is 9.38 Å². The first kappa shape index (κ1) is 8.44. The van der Waals surface area contributed by atoms with Crippen molar-refractivity contribution in [2.24, 2.45) is 5.92 Å². The molecule has 4 heteroatoms. The van der Waals surface area contributed by atoms with Crippen LogP contribution >= 0.6 is 11.3 Å². The minimum Gasteiger partial charge on any atom is -0.296 e. The maximum atomic E-state index is 11.6. The maximum absolute atomic E-state index is 11.6. The van der Waals surface area contributed by atoms with Gasteiger partial charge in [0.1, 0.15) is 16.9 Å². The van der Waals surface area contributed by atoms with E-state index >= 15 is 0 Å². The van der Waals surface area contributed by atoms with Crippen LogP contribution in [-0.4, -0.2) is 15.2 Å². The molecule has 0 aliphatic rings. The molecule has 0 spiro atoms. The van der Waals surface area contributed by atoms with Gasteiger partial charge in [0.05, 0.1) is 0 Å². The molecule has 0 aromatic carbocycles. The number of carbonyl (C=O) groups excluding carboxylic acids is 1. The molecule has 0 aliphatic carbocycles. The van der Waals surface area contributed by atoms with Crippen molar-refractivity contribution < 1.29 is 4.79 Å². The number of aromatic nitrogens is 2.